The number of nitrogens with zero attached hydrogens (tertiary/aromatic N) is 2. The third-order valence-corrected chi connectivity index (χ3v) is 9.12. The van der Waals surface area contributed by atoms with Crippen LogP contribution in [0.2, 0.25) is 5.02 Å². The molecular formula is C33H34ClN3O6S. The van der Waals surface area contributed by atoms with Crippen molar-refractivity contribution in [2.45, 2.75) is 23.9 Å². The highest BCUT2D eigenvalue weighted by Gasteiger charge is 2.34. The summed E-state index contributed by atoms with van der Waals surface area (Å²) >= 11 is 6.40. The van der Waals surface area contributed by atoms with Crippen LogP contribution in [-0.4, -0.2) is 59.0 Å². The maximum absolute atomic E-state index is 14.4. The summed E-state index contributed by atoms with van der Waals surface area (Å²) in [5, 5.41) is 2.84. The van der Waals surface area contributed by atoms with Crippen molar-refractivity contribution in [2.75, 3.05) is 32.1 Å². The standard InChI is InChI=1S/C33H34ClN3O6S/c1-35-33(39)30(20-24-11-6-4-7-12-24)36(22-25-13-10-14-27(19-25)42-2)32(38)23-37(26-17-18-31(43-3)29(34)21-26)44(40,41)28-15-8-5-9-16-28/h4-19,21,30H,20,22-23H2,1-3H3,(H,35,39). The predicted molar refractivity (Wildman–Crippen MR) is 171 cm³/mol. The first kappa shape index (κ1) is 32.4. The van der Waals surface area contributed by atoms with Gasteiger partial charge in [-0.15, -0.1) is 0 Å². The van der Waals surface area contributed by atoms with Gasteiger partial charge in [-0.2, -0.15) is 0 Å². The fourth-order valence-corrected chi connectivity index (χ4v) is 6.43. The molecule has 4 aromatic carbocycles. The maximum atomic E-state index is 14.4. The Morgan fingerprint density at radius 2 is 1.50 bits per heavy atom. The molecular weight excluding hydrogens is 602 g/mol. The smallest absolute Gasteiger partial charge is 0.264 e. The topological polar surface area (TPSA) is 105 Å². The first-order chi connectivity index (χ1) is 21.2. The number of halogens is 1. The summed E-state index contributed by atoms with van der Waals surface area (Å²) in [5.74, 6) is -0.0598. The average molecular weight is 636 g/mol. The van der Waals surface area contributed by atoms with E-state index >= 15 is 0 Å². The van der Waals surface area contributed by atoms with Crippen LogP contribution in [0.1, 0.15) is 11.1 Å². The van der Waals surface area contributed by atoms with Crippen LogP contribution >= 0.6 is 11.6 Å². The number of carbonyl (C=O) groups excluding carboxylic acids is 2. The minimum Gasteiger partial charge on any atom is -0.497 e. The molecule has 0 aliphatic carbocycles. The molecule has 0 saturated heterocycles. The molecule has 0 aliphatic rings. The van der Waals surface area contributed by atoms with Crippen molar-refractivity contribution in [1.29, 1.82) is 0 Å². The van der Waals surface area contributed by atoms with Crippen molar-refractivity contribution in [3.8, 4) is 11.5 Å². The Morgan fingerprint density at radius 3 is 2.11 bits per heavy atom. The quantitative estimate of drug-likeness (QED) is 0.223. The van der Waals surface area contributed by atoms with Gasteiger partial charge in [-0.1, -0.05) is 72.3 Å². The van der Waals surface area contributed by atoms with Gasteiger partial charge in [-0.3, -0.25) is 13.9 Å². The van der Waals surface area contributed by atoms with Crippen molar-refractivity contribution in [2.24, 2.45) is 0 Å². The average Bonchev–Trinajstić information content (AvgIpc) is 3.05. The highest BCUT2D eigenvalue weighted by atomic mass is 35.5. The van der Waals surface area contributed by atoms with E-state index in [0.29, 0.717) is 17.1 Å². The first-order valence-electron chi connectivity index (χ1n) is 13.8. The molecule has 4 rings (SSSR count). The number of methoxy groups -OCH3 is 2. The number of anilines is 1. The maximum Gasteiger partial charge on any atom is 0.264 e. The molecule has 0 heterocycles. The number of hydrogen-bond donors (Lipinski definition) is 1. The molecule has 44 heavy (non-hydrogen) atoms. The fourth-order valence-electron chi connectivity index (χ4n) is 4.75. The van der Waals surface area contributed by atoms with Crippen LogP contribution in [0.25, 0.3) is 0 Å². The van der Waals surface area contributed by atoms with Gasteiger partial charge in [0.25, 0.3) is 10.0 Å². The summed E-state index contributed by atoms with van der Waals surface area (Å²) in [6.07, 6.45) is 0.204. The van der Waals surface area contributed by atoms with Gasteiger partial charge in [-0.05, 0) is 53.6 Å². The van der Waals surface area contributed by atoms with E-state index in [-0.39, 0.29) is 28.6 Å². The largest absolute Gasteiger partial charge is 0.497 e. The number of nitrogens with one attached hydrogen (secondary N) is 1. The summed E-state index contributed by atoms with van der Waals surface area (Å²) in [5.41, 5.74) is 1.69. The van der Waals surface area contributed by atoms with Crippen molar-refractivity contribution in [1.82, 2.24) is 10.2 Å². The second-order valence-corrected chi connectivity index (χ2v) is 12.1. The molecule has 1 N–H and O–H groups in total. The molecule has 0 bridgehead atoms. The van der Waals surface area contributed by atoms with Gasteiger partial charge in [0.15, 0.2) is 0 Å². The van der Waals surface area contributed by atoms with Gasteiger partial charge in [0.2, 0.25) is 11.8 Å². The lowest BCUT2D eigenvalue weighted by atomic mass is 10.0. The van der Waals surface area contributed by atoms with Gasteiger partial charge in [0, 0.05) is 20.0 Å². The number of sulfonamides is 1. The van der Waals surface area contributed by atoms with Gasteiger partial charge in [-0.25, -0.2) is 8.42 Å². The van der Waals surface area contributed by atoms with Crippen molar-refractivity contribution < 1.29 is 27.5 Å². The molecule has 9 nitrogen and oxygen atoms in total. The van der Waals surface area contributed by atoms with Gasteiger partial charge in [0.1, 0.15) is 24.1 Å². The van der Waals surface area contributed by atoms with E-state index in [1.54, 1.807) is 36.4 Å². The minimum absolute atomic E-state index is 0.00813. The molecule has 0 aliphatic heterocycles. The summed E-state index contributed by atoms with van der Waals surface area (Å²) in [6, 6.07) is 27.8. The van der Waals surface area contributed by atoms with Crippen molar-refractivity contribution in [3.63, 3.8) is 0 Å². The number of benzene rings is 4. The molecule has 0 saturated carbocycles. The highest BCUT2D eigenvalue weighted by molar-refractivity contribution is 7.92. The van der Waals surface area contributed by atoms with Gasteiger partial charge < -0.3 is 19.7 Å². The fraction of sp³-hybridized carbons (Fsp3) is 0.212. The molecule has 0 aromatic heterocycles. The molecule has 1 atom stereocenters. The molecule has 11 heteroatoms. The Balaban J connectivity index is 1.81. The normalized spacial score (nSPS) is 11.7. The predicted octanol–water partition coefficient (Wildman–Crippen LogP) is 4.94. The lowest BCUT2D eigenvalue weighted by Gasteiger charge is -2.33. The molecule has 0 fully saturated rings. The molecule has 4 aromatic rings. The van der Waals surface area contributed by atoms with E-state index in [9.17, 15) is 18.0 Å². The third kappa shape index (κ3) is 7.69. The summed E-state index contributed by atoms with van der Waals surface area (Å²) in [4.78, 5) is 29.1. The second-order valence-electron chi connectivity index (χ2n) is 9.84. The number of amides is 2. The van der Waals surface area contributed by atoms with E-state index in [2.05, 4.69) is 5.32 Å². The number of likely N-dealkylation sites (N-methyl/N-ethyl adjacent to an activating group) is 1. The van der Waals surface area contributed by atoms with E-state index in [0.717, 1.165) is 9.87 Å². The van der Waals surface area contributed by atoms with Crippen LogP contribution < -0.4 is 19.1 Å². The van der Waals surface area contributed by atoms with Gasteiger partial charge >= 0.3 is 0 Å². The minimum atomic E-state index is -4.25. The number of rotatable bonds is 13. The Hall–Kier alpha value is -4.54. The Morgan fingerprint density at radius 1 is 0.841 bits per heavy atom. The summed E-state index contributed by atoms with van der Waals surface area (Å²) in [6.45, 7) is -0.588. The Bertz CT molecular complexity index is 1690. The number of carbonyl (C=O) groups is 2. The van der Waals surface area contributed by atoms with E-state index < -0.39 is 34.4 Å². The summed E-state index contributed by atoms with van der Waals surface area (Å²) in [7, 11) is 0.241. The summed E-state index contributed by atoms with van der Waals surface area (Å²) < 4.78 is 39.7. The van der Waals surface area contributed by atoms with Gasteiger partial charge in [0.05, 0.1) is 29.8 Å². The number of ether oxygens (including phenoxy) is 2. The lowest BCUT2D eigenvalue weighted by Crippen LogP contribution is -2.53. The second kappa shape index (κ2) is 14.8. The van der Waals surface area contributed by atoms with E-state index in [1.165, 1.54) is 56.5 Å². The third-order valence-electron chi connectivity index (χ3n) is 7.04. The van der Waals surface area contributed by atoms with Crippen LogP contribution in [0, 0.1) is 0 Å². The van der Waals surface area contributed by atoms with Crippen LogP contribution in [0.15, 0.2) is 108 Å². The van der Waals surface area contributed by atoms with Crippen LogP contribution in [0.4, 0.5) is 5.69 Å². The lowest BCUT2D eigenvalue weighted by molar-refractivity contribution is -0.139. The SMILES string of the molecule is CNC(=O)C(Cc1ccccc1)N(Cc1cccc(OC)c1)C(=O)CN(c1ccc(OC)c(Cl)c1)S(=O)(=O)c1ccccc1. The van der Waals surface area contributed by atoms with E-state index in [4.69, 9.17) is 21.1 Å². The molecule has 230 valence electrons. The number of hydrogen-bond acceptors (Lipinski definition) is 6. The molecule has 2 amide bonds. The first-order valence-corrected chi connectivity index (χ1v) is 15.6. The Labute approximate surface area is 263 Å². The zero-order valence-electron chi connectivity index (χ0n) is 24.6. The van der Waals surface area contributed by atoms with Crippen LogP contribution in [0.5, 0.6) is 11.5 Å². The van der Waals surface area contributed by atoms with Crippen molar-refractivity contribution in [3.05, 3.63) is 119 Å². The van der Waals surface area contributed by atoms with Crippen molar-refractivity contribution >= 4 is 39.1 Å². The zero-order valence-corrected chi connectivity index (χ0v) is 26.2. The molecule has 0 spiro atoms. The highest BCUT2D eigenvalue weighted by Crippen LogP contribution is 2.32. The van der Waals surface area contributed by atoms with Crippen LogP contribution in [-0.2, 0) is 32.6 Å². The monoisotopic (exact) mass is 635 g/mol. The zero-order chi connectivity index (χ0) is 31.7. The molecule has 1 unspecified atom stereocenters. The van der Waals surface area contributed by atoms with Crippen LogP contribution in [0.3, 0.4) is 0 Å². The Kier molecular flexibility index (Phi) is 10.9. The molecule has 0 radical (unpaired) electrons. The van der Waals surface area contributed by atoms with E-state index in [1.807, 2.05) is 36.4 Å².